The Balaban J connectivity index is 2.00. The maximum Gasteiger partial charge on any atom is 0.341 e. The number of hydrogen-bond acceptors (Lipinski definition) is 6. The van der Waals surface area contributed by atoms with E-state index in [1.54, 1.807) is 24.3 Å². The minimum atomic E-state index is -1.05. The van der Waals surface area contributed by atoms with E-state index in [1.807, 2.05) is 0 Å². The average Bonchev–Trinajstić information content (AvgIpc) is 2.52. The lowest BCUT2D eigenvalue weighted by molar-refractivity contribution is -0.384. The second-order valence-electron chi connectivity index (χ2n) is 4.15. The van der Waals surface area contributed by atoms with E-state index >= 15 is 0 Å². The molecule has 2 aromatic rings. The number of ether oxygens (including phenoxy) is 1. The Morgan fingerprint density at radius 1 is 1.05 bits per heavy atom. The molecule has 0 fully saturated rings. The Kier molecular flexibility index (Phi) is 4.76. The largest absolute Gasteiger partial charge is 0.482 e. The van der Waals surface area contributed by atoms with Gasteiger partial charge >= 0.3 is 5.97 Å². The van der Waals surface area contributed by atoms with E-state index in [-0.39, 0.29) is 5.69 Å². The predicted molar refractivity (Wildman–Crippen MR) is 76.8 cm³/mol. The van der Waals surface area contributed by atoms with E-state index in [1.165, 1.54) is 24.3 Å². The van der Waals surface area contributed by atoms with Gasteiger partial charge < -0.3 is 9.84 Å². The molecule has 0 aliphatic carbocycles. The number of benzene rings is 2. The number of nitrogens with zero attached hydrogens (tertiary/aromatic N) is 3. The molecule has 0 spiro atoms. The molecule has 0 atom stereocenters. The molecule has 0 saturated heterocycles. The molecule has 2 aromatic carbocycles. The van der Waals surface area contributed by atoms with Gasteiger partial charge in [-0.25, -0.2) is 4.79 Å². The fourth-order valence-electron chi connectivity index (χ4n) is 1.51. The van der Waals surface area contributed by atoms with E-state index in [9.17, 15) is 14.9 Å². The van der Waals surface area contributed by atoms with E-state index in [0.717, 1.165) is 0 Å². The second-order valence-corrected chi connectivity index (χ2v) is 4.15. The molecule has 0 amide bonds. The highest BCUT2D eigenvalue weighted by molar-refractivity contribution is 5.68. The van der Waals surface area contributed by atoms with Crippen molar-refractivity contribution in [2.24, 2.45) is 10.2 Å². The fraction of sp³-hybridized carbons (Fsp3) is 0.0714. The van der Waals surface area contributed by atoms with Gasteiger partial charge in [-0.1, -0.05) is 0 Å². The van der Waals surface area contributed by atoms with Crippen LogP contribution in [0.2, 0.25) is 0 Å². The molecular formula is C14H11N3O5. The Hall–Kier alpha value is -3.29. The molecule has 22 heavy (non-hydrogen) atoms. The normalized spacial score (nSPS) is 10.5. The van der Waals surface area contributed by atoms with Crippen LogP contribution in [0.25, 0.3) is 0 Å². The quantitative estimate of drug-likeness (QED) is 0.498. The third-order valence-electron chi connectivity index (χ3n) is 2.54. The zero-order chi connectivity index (χ0) is 15.9. The van der Waals surface area contributed by atoms with Crippen LogP contribution < -0.4 is 4.74 Å². The van der Waals surface area contributed by atoms with Crippen molar-refractivity contribution in [1.29, 1.82) is 0 Å². The van der Waals surface area contributed by atoms with Crippen molar-refractivity contribution in [2.75, 3.05) is 6.61 Å². The summed E-state index contributed by atoms with van der Waals surface area (Å²) >= 11 is 0. The minimum absolute atomic E-state index is 0.0149. The molecule has 1 N–H and O–H groups in total. The van der Waals surface area contributed by atoms with E-state index in [2.05, 4.69) is 10.2 Å². The summed E-state index contributed by atoms with van der Waals surface area (Å²) in [5.74, 6) is -0.640. The van der Waals surface area contributed by atoms with Crippen LogP contribution in [0.4, 0.5) is 17.1 Å². The molecule has 0 saturated carbocycles. The molecule has 0 heterocycles. The first kappa shape index (κ1) is 15.1. The number of hydrogen-bond donors (Lipinski definition) is 1. The van der Waals surface area contributed by atoms with Crippen LogP contribution in [0.3, 0.4) is 0 Å². The lowest BCUT2D eigenvalue weighted by atomic mass is 10.3. The Bertz CT molecular complexity index is 695. The molecule has 8 heteroatoms. The number of nitro benzene ring substituents is 1. The highest BCUT2D eigenvalue weighted by Gasteiger charge is 2.03. The van der Waals surface area contributed by atoms with Crippen molar-refractivity contribution >= 4 is 23.0 Å². The van der Waals surface area contributed by atoms with E-state index in [0.29, 0.717) is 17.1 Å². The zero-order valence-corrected chi connectivity index (χ0v) is 11.2. The van der Waals surface area contributed by atoms with Gasteiger partial charge in [0.25, 0.3) is 5.69 Å². The number of carboxylic acids is 1. The molecule has 112 valence electrons. The van der Waals surface area contributed by atoms with Crippen molar-refractivity contribution in [3.8, 4) is 5.75 Å². The van der Waals surface area contributed by atoms with Crippen LogP contribution in [-0.4, -0.2) is 22.6 Å². The molecular weight excluding hydrogens is 290 g/mol. The van der Waals surface area contributed by atoms with Crippen LogP contribution in [0, 0.1) is 10.1 Å². The number of azo groups is 1. The summed E-state index contributed by atoms with van der Waals surface area (Å²) in [5.41, 5.74) is 1.01. The SMILES string of the molecule is O=C(O)COc1ccc(N=Nc2ccc([N+](=O)[O-])cc2)cc1. The third-order valence-corrected chi connectivity index (χ3v) is 2.54. The lowest BCUT2D eigenvalue weighted by Crippen LogP contribution is -2.09. The fourth-order valence-corrected chi connectivity index (χ4v) is 1.51. The molecule has 0 bridgehead atoms. The highest BCUT2D eigenvalue weighted by Crippen LogP contribution is 2.22. The number of rotatable bonds is 6. The predicted octanol–water partition coefficient (Wildman–Crippen LogP) is 3.47. The number of aliphatic carboxylic acids is 1. The monoisotopic (exact) mass is 301 g/mol. The van der Waals surface area contributed by atoms with E-state index in [4.69, 9.17) is 9.84 Å². The summed E-state index contributed by atoms with van der Waals surface area (Å²) in [7, 11) is 0. The molecule has 2 rings (SSSR count). The maximum absolute atomic E-state index is 10.5. The van der Waals surface area contributed by atoms with E-state index < -0.39 is 17.5 Å². The zero-order valence-electron chi connectivity index (χ0n) is 11.2. The molecule has 0 aliphatic rings. The van der Waals surface area contributed by atoms with Gasteiger partial charge in [0.1, 0.15) is 5.75 Å². The van der Waals surface area contributed by atoms with Gasteiger partial charge in [0.2, 0.25) is 0 Å². The van der Waals surface area contributed by atoms with Gasteiger partial charge in [0, 0.05) is 12.1 Å². The van der Waals surface area contributed by atoms with Crippen molar-refractivity contribution in [3.05, 3.63) is 58.6 Å². The second kappa shape index (κ2) is 6.93. The Labute approximate surface area is 124 Å². The number of carboxylic acid groups (broad SMARTS) is 1. The van der Waals surface area contributed by atoms with Crippen LogP contribution in [0.1, 0.15) is 0 Å². The van der Waals surface area contributed by atoms with Gasteiger partial charge in [-0.05, 0) is 36.4 Å². The van der Waals surface area contributed by atoms with Gasteiger partial charge in [0.05, 0.1) is 16.3 Å². The van der Waals surface area contributed by atoms with Crippen LogP contribution in [0.5, 0.6) is 5.75 Å². The molecule has 0 unspecified atom stereocenters. The highest BCUT2D eigenvalue weighted by atomic mass is 16.6. The molecule has 0 aromatic heterocycles. The summed E-state index contributed by atoms with van der Waals surface area (Å²) in [4.78, 5) is 20.4. The summed E-state index contributed by atoms with van der Waals surface area (Å²) in [6.07, 6.45) is 0. The smallest absolute Gasteiger partial charge is 0.341 e. The summed E-state index contributed by atoms with van der Waals surface area (Å²) in [5, 5.41) is 26.9. The molecule has 8 nitrogen and oxygen atoms in total. The van der Waals surface area contributed by atoms with Gasteiger partial charge in [-0.15, -0.1) is 0 Å². The Morgan fingerprint density at radius 3 is 2.00 bits per heavy atom. The standard InChI is InChI=1S/C14H11N3O5/c18-14(19)9-22-13-7-3-11(4-8-13)16-15-10-1-5-12(6-2-10)17(20)21/h1-8H,9H2,(H,18,19). The molecule has 0 radical (unpaired) electrons. The van der Waals surface area contributed by atoms with Crippen LogP contribution in [-0.2, 0) is 4.79 Å². The van der Waals surface area contributed by atoms with Gasteiger partial charge in [0.15, 0.2) is 6.61 Å². The number of carbonyl (C=O) groups is 1. The number of non-ortho nitro benzene ring substituents is 1. The van der Waals surface area contributed by atoms with Crippen molar-refractivity contribution < 1.29 is 19.6 Å². The third kappa shape index (κ3) is 4.37. The maximum atomic E-state index is 10.5. The topological polar surface area (TPSA) is 114 Å². The Morgan fingerprint density at radius 2 is 1.55 bits per heavy atom. The van der Waals surface area contributed by atoms with Crippen LogP contribution >= 0.6 is 0 Å². The van der Waals surface area contributed by atoms with Crippen molar-refractivity contribution in [1.82, 2.24) is 0 Å². The van der Waals surface area contributed by atoms with Crippen molar-refractivity contribution in [2.45, 2.75) is 0 Å². The summed E-state index contributed by atoms with van der Waals surface area (Å²) < 4.78 is 4.99. The first-order chi connectivity index (χ1) is 10.5. The van der Waals surface area contributed by atoms with Gasteiger partial charge in [-0.2, -0.15) is 10.2 Å². The number of nitro groups is 1. The lowest BCUT2D eigenvalue weighted by Gasteiger charge is -2.02. The summed E-state index contributed by atoms with van der Waals surface area (Å²) in [6.45, 7) is -0.413. The average molecular weight is 301 g/mol. The van der Waals surface area contributed by atoms with Crippen molar-refractivity contribution in [3.63, 3.8) is 0 Å². The minimum Gasteiger partial charge on any atom is -0.482 e. The summed E-state index contributed by atoms with van der Waals surface area (Å²) in [6, 6.07) is 12.1. The first-order valence-electron chi connectivity index (χ1n) is 6.15. The van der Waals surface area contributed by atoms with Crippen LogP contribution in [0.15, 0.2) is 58.8 Å². The molecule has 0 aliphatic heterocycles. The first-order valence-corrected chi connectivity index (χ1v) is 6.15. The van der Waals surface area contributed by atoms with Gasteiger partial charge in [-0.3, -0.25) is 10.1 Å².